The number of likely N-dealkylation sites (N-methyl/N-ethyl adjacent to an activating group) is 1. The molecule has 2 aromatic rings. The number of nitrogens with zero attached hydrogens (tertiary/aromatic N) is 3. The van der Waals surface area contributed by atoms with Crippen molar-refractivity contribution in [2.75, 3.05) is 32.1 Å². The molecule has 0 saturated carbocycles. The van der Waals surface area contributed by atoms with Crippen molar-refractivity contribution in [2.24, 2.45) is 0 Å². The monoisotopic (exact) mass is 245 g/mol. The standard InChI is InChI=1S/C14H19N3O/c1-16(2)11-6-5-9-17(10-11)14-15-12-7-3-4-8-13(12)18-14/h3-4,7-8,11H,5-6,9-10H2,1-2H3. The van der Waals surface area contributed by atoms with Gasteiger partial charge in [-0.1, -0.05) is 12.1 Å². The molecule has 2 heterocycles. The van der Waals surface area contributed by atoms with E-state index in [1.165, 1.54) is 12.8 Å². The Hall–Kier alpha value is -1.55. The molecule has 3 rings (SSSR count). The van der Waals surface area contributed by atoms with Gasteiger partial charge in [0.05, 0.1) is 0 Å². The minimum absolute atomic E-state index is 0.591. The van der Waals surface area contributed by atoms with Crippen LogP contribution in [0.4, 0.5) is 6.01 Å². The van der Waals surface area contributed by atoms with E-state index in [0.29, 0.717) is 6.04 Å². The van der Waals surface area contributed by atoms with E-state index in [2.05, 4.69) is 28.9 Å². The summed E-state index contributed by atoms with van der Waals surface area (Å²) >= 11 is 0. The zero-order valence-corrected chi connectivity index (χ0v) is 11.0. The molecule has 0 aliphatic carbocycles. The van der Waals surface area contributed by atoms with Crippen LogP contribution in [0, 0.1) is 0 Å². The summed E-state index contributed by atoms with van der Waals surface area (Å²) in [6, 6.07) is 9.30. The number of hydrogen-bond donors (Lipinski definition) is 0. The fourth-order valence-electron chi connectivity index (χ4n) is 2.55. The third kappa shape index (κ3) is 2.08. The largest absolute Gasteiger partial charge is 0.423 e. The summed E-state index contributed by atoms with van der Waals surface area (Å²) in [5.41, 5.74) is 1.82. The number of anilines is 1. The molecule has 18 heavy (non-hydrogen) atoms. The molecule has 0 bridgehead atoms. The van der Waals surface area contributed by atoms with Gasteiger partial charge >= 0.3 is 0 Å². The number of fused-ring (bicyclic) bond motifs is 1. The second kappa shape index (κ2) is 4.61. The summed E-state index contributed by atoms with van der Waals surface area (Å²) in [7, 11) is 4.28. The molecular formula is C14H19N3O. The molecule has 1 aromatic carbocycles. The predicted molar refractivity (Wildman–Crippen MR) is 72.9 cm³/mol. The van der Waals surface area contributed by atoms with E-state index in [0.717, 1.165) is 30.2 Å². The van der Waals surface area contributed by atoms with Crippen LogP contribution >= 0.6 is 0 Å². The van der Waals surface area contributed by atoms with E-state index in [-0.39, 0.29) is 0 Å². The second-order valence-corrected chi connectivity index (χ2v) is 5.17. The van der Waals surface area contributed by atoms with E-state index in [9.17, 15) is 0 Å². The van der Waals surface area contributed by atoms with Crippen LogP contribution in [0.2, 0.25) is 0 Å². The zero-order valence-electron chi connectivity index (χ0n) is 11.0. The van der Waals surface area contributed by atoms with Crippen molar-refractivity contribution in [2.45, 2.75) is 18.9 Å². The van der Waals surface area contributed by atoms with Gasteiger partial charge in [-0.3, -0.25) is 0 Å². The molecule has 1 aliphatic rings. The molecule has 0 amide bonds. The Kier molecular flexibility index (Phi) is 2.96. The Morgan fingerprint density at radius 1 is 1.33 bits per heavy atom. The number of aromatic nitrogens is 1. The number of benzene rings is 1. The molecule has 1 unspecified atom stereocenters. The van der Waals surface area contributed by atoms with Crippen molar-refractivity contribution < 1.29 is 4.42 Å². The summed E-state index contributed by atoms with van der Waals surface area (Å²) in [5, 5.41) is 0. The molecular weight excluding hydrogens is 226 g/mol. The molecule has 1 atom stereocenters. The summed E-state index contributed by atoms with van der Waals surface area (Å²) in [4.78, 5) is 9.12. The first-order chi connectivity index (χ1) is 8.74. The highest BCUT2D eigenvalue weighted by atomic mass is 16.4. The Labute approximate surface area is 107 Å². The van der Waals surface area contributed by atoms with Crippen LogP contribution in [-0.2, 0) is 0 Å². The van der Waals surface area contributed by atoms with Crippen LogP contribution in [0.1, 0.15) is 12.8 Å². The van der Waals surface area contributed by atoms with Gasteiger partial charge in [-0.2, -0.15) is 4.98 Å². The maximum Gasteiger partial charge on any atom is 0.298 e. The van der Waals surface area contributed by atoms with Gasteiger partial charge in [0.2, 0.25) is 0 Å². The number of oxazole rings is 1. The molecule has 4 heteroatoms. The van der Waals surface area contributed by atoms with Gasteiger partial charge in [-0.15, -0.1) is 0 Å². The van der Waals surface area contributed by atoms with Gasteiger partial charge in [-0.25, -0.2) is 0 Å². The van der Waals surface area contributed by atoms with Crippen LogP contribution in [0.5, 0.6) is 0 Å². The van der Waals surface area contributed by atoms with Crippen molar-refractivity contribution in [3.8, 4) is 0 Å². The van der Waals surface area contributed by atoms with E-state index in [1.807, 2.05) is 24.3 Å². The third-order valence-corrected chi connectivity index (χ3v) is 3.68. The first-order valence-corrected chi connectivity index (χ1v) is 6.51. The molecule has 1 fully saturated rings. The summed E-state index contributed by atoms with van der Waals surface area (Å²) in [5.74, 6) is 0. The molecule has 0 radical (unpaired) electrons. The summed E-state index contributed by atoms with van der Waals surface area (Å²) in [6.45, 7) is 2.04. The fourth-order valence-corrected chi connectivity index (χ4v) is 2.55. The SMILES string of the molecule is CN(C)C1CCCN(c2nc3ccccc3o2)C1. The van der Waals surface area contributed by atoms with Crippen molar-refractivity contribution in [3.05, 3.63) is 24.3 Å². The number of piperidine rings is 1. The van der Waals surface area contributed by atoms with E-state index < -0.39 is 0 Å². The highest BCUT2D eigenvalue weighted by Crippen LogP contribution is 2.25. The average Bonchev–Trinajstić information content (AvgIpc) is 2.82. The van der Waals surface area contributed by atoms with Crippen LogP contribution in [0.3, 0.4) is 0 Å². The lowest BCUT2D eigenvalue weighted by Crippen LogP contribution is -2.45. The Balaban J connectivity index is 1.85. The first kappa shape index (κ1) is 11.5. The van der Waals surface area contributed by atoms with Crippen molar-refractivity contribution >= 4 is 17.1 Å². The first-order valence-electron chi connectivity index (χ1n) is 6.51. The molecule has 1 saturated heterocycles. The van der Waals surface area contributed by atoms with Crippen molar-refractivity contribution in [3.63, 3.8) is 0 Å². The van der Waals surface area contributed by atoms with Gasteiger partial charge in [0.15, 0.2) is 5.58 Å². The minimum atomic E-state index is 0.591. The Bertz CT molecular complexity index is 502. The number of para-hydroxylation sites is 2. The highest BCUT2D eigenvalue weighted by Gasteiger charge is 2.24. The topological polar surface area (TPSA) is 32.5 Å². The number of hydrogen-bond acceptors (Lipinski definition) is 4. The molecule has 1 aromatic heterocycles. The maximum atomic E-state index is 5.83. The molecule has 1 aliphatic heterocycles. The van der Waals surface area contributed by atoms with Crippen LogP contribution in [-0.4, -0.2) is 43.1 Å². The van der Waals surface area contributed by atoms with E-state index in [4.69, 9.17) is 4.42 Å². The van der Waals surface area contributed by atoms with Crippen LogP contribution < -0.4 is 4.90 Å². The predicted octanol–water partition coefficient (Wildman–Crippen LogP) is 2.36. The molecule has 4 nitrogen and oxygen atoms in total. The molecule has 96 valence electrons. The lowest BCUT2D eigenvalue weighted by atomic mass is 10.1. The van der Waals surface area contributed by atoms with E-state index in [1.54, 1.807) is 0 Å². The van der Waals surface area contributed by atoms with Crippen molar-refractivity contribution in [1.82, 2.24) is 9.88 Å². The number of rotatable bonds is 2. The van der Waals surface area contributed by atoms with Gasteiger partial charge < -0.3 is 14.2 Å². The van der Waals surface area contributed by atoms with Gasteiger partial charge in [-0.05, 0) is 39.1 Å². The summed E-state index contributed by atoms with van der Waals surface area (Å²) < 4.78 is 5.83. The lowest BCUT2D eigenvalue weighted by Gasteiger charge is -2.35. The minimum Gasteiger partial charge on any atom is -0.423 e. The highest BCUT2D eigenvalue weighted by molar-refractivity contribution is 5.74. The maximum absolute atomic E-state index is 5.83. The smallest absolute Gasteiger partial charge is 0.298 e. The summed E-state index contributed by atoms with van der Waals surface area (Å²) in [6.07, 6.45) is 2.45. The van der Waals surface area contributed by atoms with E-state index >= 15 is 0 Å². The Morgan fingerprint density at radius 2 is 2.17 bits per heavy atom. The third-order valence-electron chi connectivity index (χ3n) is 3.68. The quantitative estimate of drug-likeness (QED) is 0.813. The van der Waals surface area contributed by atoms with Gasteiger partial charge in [0.25, 0.3) is 6.01 Å². The zero-order chi connectivity index (χ0) is 12.5. The van der Waals surface area contributed by atoms with Gasteiger partial charge in [0.1, 0.15) is 5.52 Å². The average molecular weight is 245 g/mol. The Morgan fingerprint density at radius 3 is 2.94 bits per heavy atom. The van der Waals surface area contributed by atoms with Crippen LogP contribution in [0.25, 0.3) is 11.1 Å². The molecule has 0 spiro atoms. The van der Waals surface area contributed by atoms with Crippen LogP contribution in [0.15, 0.2) is 28.7 Å². The molecule has 0 N–H and O–H groups in total. The van der Waals surface area contributed by atoms with Gasteiger partial charge in [0, 0.05) is 19.1 Å². The second-order valence-electron chi connectivity index (χ2n) is 5.17. The lowest BCUT2D eigenvalue weighted by molar-refractivity contribution is 0.254. The normalized spacial score (nSPS) is 20.8. The van der Waals surface area contributed by atoms with Crippen molar-refractivity contribution in [1.29, 1.82) is 0 Å². The fraction of sp³-hybridized carbons (Fsp3) is 0.500.